The number of aliphatic carboxylic acids is 1. The minimum absolute atomic E-state index is 0.0481. The van der Waals surface area contributed by atoms with Crippen molar-refractivity contribution in [2.24, 2.45) is 11.5 Å². The predicted octanol–water partition coefficient (Wildman–Crippen LogP) is 2.54. The van der Waals surface area contributed by atoms with Crippen LogP contribution in [0.4, 0.5) is 17.6 Å². The third kappa shape index (κ3) is 13.5. The first-order chi connectivity index (χ1) is 11.3. The van der Waals surface area contributed by atoms with Crippen molar-refractivity contribution in [3.05, 3.63) is 0 Å². The van der Waals surface area contributed by atoms with E-state index in [1.165, 1.54) is 21.0 Å². The highest BCUT2D eigenvalue weighted by atomic mass is 19.3. The Morgan fingerprint density at radius 1 is 0.960 bits per heavy atom. The number of carboxylic acids is 1. The first-order valence-corrected chi connectivity index (χ1v) is 7.89. The number of carbonyl (C=O) groups excluding carboxylic acids is 1. The number of alkyl halides is 4. The Hall–Kier alpha value is -1.42. The van der Waals surface area contributed by atoms with Gasteiger partial charge in [-0.1, -0.05) is 13.8 Å². The Bertz CT molecular complexity index is 409. The molecular weight excluding hydrogens is 348 g/mol. The molecule has 0 aliphatic carbocycles. The largest absolute Gasteiger partial charge is 0.480 e. The molecule has 0 fully saturated rings. The summed E-state index contributed by atoms with van der Waals surface area (Å²) in [6, 6.07) is -2.12. The molecule has 0 rings (SSSR count). The topological polar surface area (TPSA) is 116 Å². The zero-order valence-corrected chi connectivity index (χ0v) is 14.7. The zero-order chi connectivity index (χ0) is 20.3. The number of carbonyl (C=O) groups is 2. The van der Waals surface area contributed by atoms with Crippen LogP contribution in [0.1, 0.15) is 52.4 Å². The van der Waals surface area contributed by atoms with Gasteiger partial charge >= 0.3 is 11.9 Å². The lowest BCUT2D eigenvalue weighted by Gasteiger charge is -2.15. The number of methoxy groups -OCH3 is 1. The molecule has 6 nitrogen and oxygen atoms in total. The van der Waals surface area contributed by atoms with E-state index in [0.29, 0.717) is 0 Å². The van der Waals surface area contributed by atoms with Gasteiger partial charge < -0.3 is 21.3 Å². The SMILES string of the molecule is CCC(F)(F)CC[C@H](N)C(=O)O.CCC(F)(F)CC[C@H](N)C(=O)OC. The maximum atomic E-state index is 12.7. The summed E-state index contributed by atoms with van der Waals surface area (Å²) in [5.41, 5.74) is 10.3. The van der Waals surface area contributed by atoms with Crippen LogP contribution in [0.3, 0.4) is 0 Å². The average molecular weight is 376 g/mol. The second-order valence-corrected chi connectivity index (χ2v) is 5.57. The molecule has 0 spiro atoms. The molecule has 0 amide bonds. The maximum absolute atomic E-state index is 12.7. The van der Waals surface area contributed by atoms with Gasteiger partial charge in [0.2, 0.25) is 11.8 Å². The fourth-order valence-corrected chi connectivity index (χ4v) is 1.48. The number of rotatable bonds is 10. The van der Waals surface area contributed by atoms with Crippen molar-refractivity contribution >= 4 is 11.9 Å². The highest BCUT2D eigenvalue weighted by Gasteiger charge is 2.28. The molecule has 0 aromatic carbocycles. The number of hydrogen-bond donors (Lipinski definition) is 3. The number of carboxylic acid groups (broad SMARTS) is 1. The van der Waals surface area contributed by atoms with E-state index in [0.717, 1.165) is 0 Å². The van der Waals surface area contributed by atoms with Crippen molar-refractivity contribution in [2.75, 3.05) is 7.11 Å². The Kier molecular flexibility index (Phi) is 12.4. The molecule has 25 heavy (non-hydrogen) atoms. The molecule has 0 aliphatic heterocycles. The summed E-state index contributed by atoms with van der Waals surface area (Å²) in [6.07, 6.45) is -1.58. The van der Waals surface area contributed by atoms with Crippen LogP contribution < -0.4 is 11.5 Å². The van der Waals surface area contributed by atoms with Crippen LogP contribution >= 0.6 is 0 Å². The summed E-state index contributed by atoms with van der Waals surface area (Å²) in [7, 11) is 1.18. The monoisotopic (exact) mass is 376 g/mol. The van der Waals surface area contributed by atoms with Gasteiger partial charge in [0.15, 0.2) is 0 Å². The molecule has 10 heteroatoms. The maximum Gasteiger partial charge on any atom is 0.322 e. The van der Waals surface area contributed by atoms with E-state index >= 15 is 0 Å². The van der Waals surface area contributed by atoms with Gasteiger partial charge in [0.1, 0.15) is 12.1 Å². The molecule has 0 aromatic heterocycles. The van der Waals surface area contributed by atoms with Gasteiger partial charge in [0.25, 0.3) is 0 Å². The fraction of sp³-hybridized carbons (Fsp3) is 0.867. The van der Waals surface area contributed by atoms with E-state index in [2.05, 4.69) is 4.74 Å². The first kappa shape index (κ1) is 25.8. The fourth-order valence-electron chi connectivity index (χ4n) is 1.48. The Labute approximate surface area is 144 Å². The van der Waals surface area contributed by atoms with E-state index in [9.17, 15) is 27.2 Å². The van der Waals surface area contributed by atoms with E-state index in [1.807, 2.05) is 0 Å². The van der Waals surface area contributed by atoms with Crippen molar-refractivity contribution < 1.29 is 37.0 Å². The Morgan fingerprint density at radius 3 is 1.60 bits per heavy atom. The van der Waals surface area contributed by atoms with Crippen molar-refractivity contribution in [2.45, 2.75) is 76.3 Å². The molecule has 2 atom stereocenters. The second kappa shape index (κ2) is 12.0. The molecule has 0 aromatic rings. The van der Waals surface area contributed by atoms with Crippen molar-refractivity contribution in [1.29, 1.82) is 0 Å². The van der Waals surface area contributed by atoms with Gasteiger partial charge in [-0.25, -0.2) is 17.6 Å². The highest BCUT2D eigenvalue weighted by molar-refractivity contribution is 5.75. The smallest absolute Gasteiger partial charge is 0.322 e. The quantitative estimate of drug-likeness (QED) is 0.399. The van der Waals surface area contributed by atoms with Crippen LogP contribution in [0.5, 0.6) is 0 Å². The van der Waals surface area contributed by atoms with Gasteiger partial charge in [-0.2, -0.15) is 0 Å². The van der Waals surface area contributed by atoms with Gasteiger partial charge in [-0.05, 0) is 12.8 Å². The summed E-state index contributed by atoms with van der Waals surface area (Å²) in [4.78, 5) is 20.9. The van der Waals surface area contributed by atoms with Gasteiger partial charge in [0, 0.05) is 25.7 Å². The van der Waals surface area contributed by atoms with Crippen molar-refractivity contribution in [3.8, 4) is 0 Å². The van der Waals surface area contributed by atoms with Gasteiger partial charge in [-0.15, -0.1) is 0 Å². The van der Waals surface area contributed by atoms with Crippen molar-refractivity contribution in [1.82, 2.24) is 0 Å². The number of hydrogen-bond acceptors (Lipinski definition) is 5. The zero-order valence-electron chi connectivity index (χ0n) is 14.7. The molecule has 0 bridgehead atoms. The average Bonchev–Trinajstić information content (AvgIpc) is 2.57. The molecule has 0 heterocycles. The number of nitrogens with two attached hydrogens (primary N) is 2. The van der Waals surface area contributed by atoms with E-state index < -0.39 is 42.3 Å². The number of esters is 1. The summed E-state index contributed by atoms with van der Waals surface area (Å²) in [5.74, 6) is -7.40. The van der Waals surface area contributed by atoms with Crippen LogP contribution in [-0.4, -0.2) is 48.1 Å². The molecule has 5 N–H and O–H groups in total. The second-order valence-electron chi connectivity index (χ2n) is 5.57. The molecule has 150 valence electrons. The lowest BCUT2D eigenvalue weighted by Crippen LogP contribution is -2.33. The summed E-state index contributed by atoms with van der Waals surface area (Å²) in [5, 5.41) is 8.28. The summed E-state index contributed by atoms with van der Waals surface area (Å²) >= 11 is 0. The minimum atomic E-state index is -2.78. The standard InChI is InChI=1S/C8H15F2NO2.C7H13F2NO2/c1-3-8(9,10)5-4-6(11)7(12)13-2;1-2-7(8,9)4-3-5(10)6(11)12/h6H,3-5,11H2,1-2H3;5H,2-4,10H2,1H3,(H,11,12)/t6-;5-/m00/s1. The third-order valence-electron chi connectivity index (χ3n) is 3.50. The van der Waals surface area contributed by atoms with Crippen LogP contribution in [0.2, 0.25) is 0 Å². The van der Waals surface area contributed by atoms with Crippen LogP contribution in [0, 0.1) is 0 Å². The van der Waals surface area contributed by atoms with E-state index in [-0.39, 0.29) is 32.1 Å². The summed E-state index contributed by atoms with van der Waals surface area (Å²) < 4.78 is 54.7. The highest BCUT2D eigenvalue weighted by Crippen LogP contribution is 2.25. The first-order valence-electron chi connectivity index (χ1n) is 7.89. The minimum Gasteiger partial charge on any atom is -0.480 e. The Balaban J connectivity index is 0. The molecule has 0 radical (unpaired) electrons. The number of halogens is 4. The molecule has 0 aliphatic rings. The lowest BCUT2D eigenvalue weighted by atomic mass is 10.1. The molecule has 0 saturated heterocycles. The van der Waals surface area contributed by atoms with E-state index in [4.69, 9.17) is 16.6 Å². The normalized spacial score (nSPS) is 14.1. The van der Waals surface area contributed by atoms with E-state index in [1.54, 1.807) is 0 Å². The van der Waals surface area contributed by atoms with Gasteiger partial charge in [-0.3, -0.25) is 9.59 Å². The predicted molar refractivity (Wildman–Crippen MR) is 84.5 cm³/mol. The van der Waals surface area contributed by atoms with Crippen LogP contribution in [0.25, 0.3) is 0 Å². The molecular formula is C15H28F4N2O4. The summed E-state index contributed by atoms with van der Waals surface area (Å²) in [6.45, 7) is 2.75. The third-order valence-corrected chi connectivity index (χ3v) is 3.50. The lowest BCUT2D eigenvalue weighted by molar-refractivity contribution is -0.143. The number of ether oxygens (including phenoxy) is 1. The Morgan fingerprint density at radius 2 is 1.32 bits per heavy atom. The molecule has 0 saturated carbocycles. The van der Waals surface area contributed by atoms with Gasteiger partial charge in [0.05, 0.1) is 7.11 Å². The van der Waals surface area contributed by atoms with Crippen molar-refractivity contribution in [3.63, 3.8) is 0 Å². The van der Waals surface area contributed by atoms with Crippen LogP contribution in [0.15, 0.2) is 0 Å². The van der Waals surface area contributed by atoms with Crippen LogP contribution in [-0.2, 0) is 14.3 Å². The molecule has 0 unspecified atom stereocenters.